The third-order valence-electron chi connectivity index (χ3n) is 2.38. The van der Waals surface area contributed by atoms with Crippen molar-refractivity contribution < 1.29 is 0 Å². The molecule has 0 aliphatic rings. The van der Waals surface area contributed by atoms with E-state index in [0.717, 1.165) is 28.9 Å². The van der Waals surface area contributed by atoms with Gasteiger partial charge in [-0.25, -0.2) is 0 Å². The molecule has 94 valence electrons. The van der Waals surface area contributed by atoms with Crippen molar-refractivity contribution >= 4 is 27.5 Å². The van der Waals surface area contributed by atoms with Crippen LogP contribution in [-0.4, -0.2) is 12.6 Å². The van der Waals surface area contributed by atoms with Crippen LogP contribution in [0.3, 0.4) is 0 Å². The fraction of sp³-hybridized carbons (Fsp3) is 0.429. The Morgan fingerprint density at radius 2 is 2.12 bits per heavy atom. The summed E-state index contributed by atoms with van der Waals surface area (Å²) < 4.78 is 1.02. The summed E-state index contributed by atoms with van der Waals surface area (Å²) >= 11 is 9.54. The van der Waals surface area contributed by atoms with Crippen molar-refractivity contribution in [1.82, 2.24) is 5.32 Å². The Kier molecular flexibility index (Phi) is 6.86. The molecule has 0 aromatic heterocycles. The fourth-order valence-electron chi connectivity index (χ4n) is 1.47. The SMILES string of the molecule is CC(C)NCC/C=C/Cc1ccc(Br)cc1Cl. The zero-order valence-electron chi connectivity index (χ0n) is 10.3. The van der Waals surface area contributed by atoms with Gasteiger partial charge >= 0.3 is 0 Å². The van der Waals surface area contributed by atoms with Crippen molar-refractivity contribution in [1.29, 1.82) is 0 Å². The molecule has 0 bridgehead atoms. The Labute approximate surface area is 117 Å². The maximum Gasteiger partial charge on any atom is 0.0452 e. The van der Waals surface area contributed by atoms with E-state index in [1.807, 2.05) is 12.1 Å². The van der Waals surface area contributed by atoms with Gasteiger partial charge < -0.3 is 5.32 Å². The predicted molar refractivity (Wildman–Crippen MR) is 79.8 cm³/mol. The number of benzene rings is 1. The van der Waals surface area contributed by atoms with E-state index >= 15 is 0 Å². The first kappa shape index (κ1) is 14.7. The molecule has 0 amide bonds. The summed E-state index contributed by atoms with van der Waals surface area (Å²) in [7, 11) is 0. The Hall–Kier alpha value is -0.310. The monoisotopic (exact) mass is 315 g/mol. The van der Waals surface area contributed by atoms with Gasteiger partial charge in [-0.15, -0.1) is 0 Å². The Bertz CT molecular complexity index is 374. The van der Waals surface area contributed by atoms with Crippen molar-refractivity contribution in [2.45, 2.75) is 32.7 Å². The first-order valence-corrected chi connectivity index (χ1v) is 7.09. The smallest absolute Gasteiger partial charge is 0.0452 e. The molecule has 17 heavy (non-hydrogen) atoms. The van der Waals surface area contributed by atoms with Crippen LogP contribution in [0.15, 0.2) is 34.8 Å². The molecule has 3 heteroatoms. The van der Waals surface area contributed by atoms with Crippen LogP contribution in [0.1, 0.15) is 25.8 Å². The Balaban J connectivity index is 2.32. The molecule has 1 aromatic rings. The molecule has 0 atom stereocenters. The summed E-state index contributed by atoms with van der Waals surface area (Å²) in [5.74, 6) is 0. The molecule has 1 aromatic carbocycles. The van der Waals surface area contributed by atoms with E-state index in [4.69, 9.17) is 11.6 Å². The van der Waals surface area contributed by atoms with E-state index in [-0.39, 0.29) is 0 Å². The zero-order valence-corrected chi connectivity index (χ0v) is 12.7. The first-order valence-electron chi connectivity index (χ1n) is 5.92. The summed E-state index contributed by atoms with van der Waals surface area (Å²) in [6.45, 7) is 5.35. The lowest BCUT2D eigenvalue weighted by atomic mass is 10.1. The molecule has 0 fully saturated rings. The largest absolute Gasteiger partial charge is 0.314 e. The first-order chi connectivity index (χ1) is 8.09. The van der Waals surface area contributed by atoms with E-state index in [0.29, 0.717) is 6.04 Å². The average molecular weight is 317 g/mol. The van der Waals surface area contributed by atoms with Crippen LogP contribution >= 0.6 is 27.5 Å². The fourth-order valence-corrected chi connectivity index (χ4v) is 2.22. The summed E-state index contributed by atoms with van der Waals surface area (Å²) in [5, 5.41) is 4.20. The highest BCUT2D eigenvalue weighted by Crippen LogP contribution is 2.21. The number of nitrogens with one attached hydrogen (secondary N) is 1. The van der Waals surface area contributed by atoms with Crippen molar-refractivity contribution in [2.75, 3.05) is 6.54 Å². The van der Waals surface area contributed by atoms with Crippen LogP contribution in [0.2, 0.25) is 5.02 Å². The minimum atomic E-state index is 0.560. The lowest BCUT2D eigenvalue weighted by Crippen LogP contribution is -2.23. The molecular weight excluding hydrogens is 298 g/mol. The van der Waals surface area contributed by atoms with Crippen molar-refractivity contribution in [3.05, 3.63) is 45.4 Å². The summed E-state index contributed by atoms with van der Waals surface area (Å²) in [6, 6.07) is 6.58. The van der Waals surface area contributed by atoms with Gasteiger partial charge in [0.25, 0.3) is 0 Å². The van der Waals surface area contributed by atoms with Gasteiger partial charge in [-0.05, 0) is 37.1 Å². The van der Waals surface area contributed by atoms with Crippen molar-refractivity contribution in [2.24, 2.45) is 0 Å². The van der Waals surface area contributed by atoms with Crippen molar-refractivity contribution in [3.63, 3.8) is 0 Å². The molecule has 0 heterocycles. The normalized spacial score (nSPS) is 11.6. The van der Waals surface area contributed by atoms with Gasteiger partial charge in [-0.1, -0.05) is 59.6 Å². The summed E-state index contributed by atoms with van der Waals surface area (Å²) in [6.07, 6.45) is 6.34. The van der Waals surface area contributed by atoms with Gasteiger partial charge in [-0.3, -0.25) is 0 Å². The molecule has 1 nitrogen and oxygen atoms in total. The molecule has 0 saturated carbocycles. The highest BCUT2D eigenvalue weighted by molar-refractivity contribution is 9.10. The van der Waals surface area contributed by atoms with Crippen LogP contribution in [-0.2, 0) is 6.42 Å². The lowest BCUT2D eigenvalue weighted by molar-refractivity contribution is 0.594. The van der Waals surface area contributed by atoms with Crippen LogP contribution in [0.25, 0.3) is 0 Å². The molecule has 0 saturated heterocycles. The standard InChI is InChI=1S/C14H19BrClN/c1-11(2)17-9-5-3-4-6-12-7-8-13(15)10-14(12)16/h3-4,7-8,10-11,17H,5-6,9H2,1-2H3/b4-3+. The van der Waals surface area contributed by atoms with Crippen LogP contribution in [0.5, 0.6) is 0 Å². The third kappa shape index (κ3) is 6.25. The third-order valence-corrected chi connectivity index (χ3v) is 3.23. The Morgan fingerprint density at radius 3 is 2.76 bits per heavy atom. The number of halogens is 2. The van der Waals surface area contributed by atoms with Crippen LogP contribution in [0.4, 0.5) is 0 Å². The number of rotatable bonds is 6. The van der Waals surface area contributed by atoms with Gasteiger partial charge in [-0.2, -0.15) is 0 Å². The summed E-state index contributed by atoms with van der Waals surface area (Å²) in [5.41, 5.74) is 1.17. The second-order valence-electron chi connectivity index (χ2n) is 4.31. The maximum atomic E-state index is 6.13. The number of allylic oxidation sites excluding steroid dienone is 1. The maximum absolute atomic E-state index is 6.13. The van der Waals surface area contributed by atoms with Gasteiger partial charge in [0.2, 0.25) is 0 Å². The molecule has 0 aliphatic heterocycles. The van der Waals surface area contributed by atoms with Gasteiger partial charge in [0, 0.05) is 15.5 Å². The van der Waals surface area contributed by atoms with E-state index in [9.17, 15) is 0 Å². The highest BCUT2D eigenvalue weighted by atomic mass is 79.9. The van der Waals surface area contributed by atoms with Gasteiger partial charge in [0.05, 0.1) is 0 Å². The molecular formula is C14H19BrClN. The Morgan fingerprint density at radius 1 is 1.35 bits per heavy atom. The second kappa shape index (κ2) is 7.91. The van der Waals surface area contributed by atoms with Crippen molar-refractivity contribution in [3.8, 4) is 0 Å². The topological polar surface area (TPSA) is 12.0 Å². The zero-order chi connectivity index (χ0) is 12.7. The molecule has 0 spiro atoms. The molecule has 0 unspecified atom stereocenters. The predicted octanol–water partition coefficient (Wildman–Crippen LogP) is 4.59. The number of hydrogen-bond donors (Lipinski definition) is 1. The molecule has 1 rings (SSSR count). The number of hydrogen-bond acceptors (Lipinski definition) is 1. The van der Waals surface area contributed by atoms with E-state index < -0.39 is 0 Å². The lowest BCUT2D eigenvalue weighted by Gasteiger charge is -2.05. The minimum absolute atomic E-state index is 0.560. The average Bonchev–Trinajstić information content (AvgIpc) is 2.25. The van der Waals surface area contributed by atoms with E-state index in [1.54, 1.807) is 0 Å². The molecule has 0 radical (unpaired) electrons. The van der Waals surface area contributed by atoms with E-state index in [1.165, 1.54) is 5.56 Å². The highest BCUT2D eigenvalue weighted by Gasteiger charge is 1.98. The quantitative estimate of drug-likeness (QED) is 0.598. The minimum Gasteiger partial charge on any atom is -0.314 e. The second-order valence-corrected chi connectivity index (χ2v) is 5.63. The van der Waals surface area contributed by atoms with Gasteiger partial charge in [0.1, 0.15) is 0 Å². The van der Waals surface area contributed by atoms with Gasteiger partial charge in [0.15, 0.2) is 0 Å². The van der Waals surface area contributed by atoms with Crippen LogP contribution < -0.4 is 5.32 Å². The summed E-state index contributed by atoms with van der Waals surface area (Å²) in [4.78, 5) is 0. The van der Waals surface area contributed by atoms with Crippen LogP contribution in [0, 0.1) is 0 Å². The molecule has 1 N–H and O–H groups in total. The molecule has 0 aliphatic carbocycles. The van der Waals surface area contributed by atoms with E-state index in [2.05, 4.69) is 53.3 Å².